The fourth-order valence-electron chi connectivity index (χ4n) is 3.69. The van der Waals surface area contributed by atoms with Gasteiger partial charge in [0.2, 0.25) is 0 Å². The second-order valence-electron chi connectivity index (χ2n) is 6.90. The summed E-state index contributed by atoms with van der Waals surface area (Å²) in [5, 5.41) is 3.14. The summed E-state index contributed by atoms with van der Waals surface area (Å²) in [5.41, 5.74) is 0. The number of carbonyl (C=O) groups is 2. The van der Waals surface area contributed by atoms with Gasteiger partial charge in [-0.05, 0) is 37.8 Å². The van der Waals surface area contributed by atoms with E-state index in [0.717, 1.165) is 25.7 Å². The van der Waals surface area contributed by atoms with E-state index in [1.54, 1.807) is 17.0 Å². The van der Waals surface area contributed by atoms with Crippen molar-refractivity contribution in [3.05, 3.63) is 24.2 Å². The van der Waals surface area contributed by atoms with Gasteiger partial charge < -0.3 is 19.5 Å². The monoisotopic (exact) mass is 333 g/mol. The summed E-state index contributed by atoms with van der Waals surface area (Å²) in [6.45, 7) is 1.30. The van der Waals surface area contributed by atoms with Crippen LogP contribution in [0.5, 0.6) is 0 Å². The van der Waals surface area contributed by atoms with Gasteiger partial charge in [0.1, 0.15) is 0 Å². The van der Waals surface area contributed by atoms with Gasteiger partial charge in [0.25, 0.3) is 5.91 Å². The second-order valence-corrected chi connectivity index (χ2v) is 6.90. The Balaban J connectivity index is 1.44. The van der Waals surface area contributed by atoms with Crippen LogP contribution in [0.4, 0.5) is 4.79 Å². The zero-order valence-corrected chi connectivity index (χ0v) is 14.4. The molecule has 132 valence electrons. The highest BCUT2D eigenvalue weighted by atomic mass is 16.3. The van der Waals surface area contributed by atoms with Crippen molar-refractivity contribution in [3.8, 4) is 0 Å². The maximum Gasteiger partial charge on any atom is 0.317 e. The molecule has 1 saturated carbocycles. The Morgan fingerprint density at radius 1 is 1.17 bits per heavy atom. The van der Waals surface area contributed by atoms with Crippen molar-refractivity contribution in [2.24, 2.45) is 0 Å². The van der Waals surface area contributed by atoms with E-state index < -0.39 is 0 Å². The fraction of sp³-hybridized carbons (Fsp3) is 0.667. The smallest absolute Gasteiger partial charge is 0.317 e. The summed E-state index contributed by atoms with van der Waals surface area (Å²) in [6, 6.07) is 3.96. The van der Waals surface area contributed by atoms with Crippen LogP contribution >= 0.6 is 0 Å². The molecule has 0 unspecified atom stereocenters. The van der Waals surface area contributed by atoms with Crippen molar-refractivity contribution < 1.29 is 14.0 Å². The standard InChI is InChI=1S/C18H27N3O3/c1-20(15-6-3-2-4-7-15)18(23)19-14-9-11-21(12-10-14)17(22)16-8-5-13-24-16/h5,8,13-15H,2-4,6-7,9-12H2,1H3,(H,19,23). The summed E-state index contributed by atoms with van der Waals surface area (Å²) >= 11 is 0. The lowest BCUT2D eigenvalue weighted by Gasteiger charge is -2.35. The highest BCUT2D eigenvalue weighted by Gasteiger charge is 2.28. The van der Waals surface area contributed by atoms with Gasteiger partial charge in [-0.2, -0.15) is 0 Å². The minimum atomic E-state index is -0.0656. The number of amides is 3. The van der Waals surface area contributed by atoms with Crippen LogP contribution in [-0.4, -0.2) is 54.0 Å². The first-order chi connectivity index (χ1) is 11.6. The lowest BCUT2D eigenvalue weighted by atomic mass is 9.95. The Morgan fingerprint density at radius 2 is 1.88 bits per heavy atom. The van der Waals surface area contributed by atoms with Crippen molar-refractivity contribution >= 4 is 11.9 Å². The van der Waals surface area contributed by atoms with Gasteiger partial charge in [0.05, 0.1) is 6.26 Å². The Bertz CT molecular complexity index is 544. The third-order valence-electron chi connectivity index (χ3n) is 5.28. The minimum Gasteiger partial charge on any atom is -0.459 e. The molecule has 6 heteroatoms. The Morgan fingerprint density at radius 3 is 2.50 bits per heavy atom. The number of carbonyl (C=O) groups excluding carboxylic acids is 2. The van der Waals surface area contributed by atoms with E-state index in [2.05, 4.69) is 5.32 Å². The van der Waals surface area contributed by atoms with E-state index in [1.807, 2.05) is 11.9 Å². The van der Waals surface area contributed by atoms with Gasteiger partial charge in [-0.3, -0.25) is 4.79 Å². The van der Waals surface area contributed by atoms with Crippen molar-refractivity contribution in [1.82, 2.24) is 15.1 Å². The predicted octanol–water partition coefficient (Wildman–Crippen LogP) is 2.86. The molecule has 1 aliphatic heterocycles. The third kappa shape index (κ3) is 3.91. The maximum absolute atomic E-state index is 12.4. The Kier molecular flexibility index (Phi) is 5.43. The van der Waals surface area contributed by atoms with Gasteiger partial charge >= 0.3 is 6.03 Å². The number of hydrogen-bond acceptors (Lipinski definition) is 3. The number of urea groups is 1. The molecule has 0 atom stereocenters. The van der Waals surface area contributed by atoms with E-state index in [4.69, 9.17) is 4.42 Å². The zero-order chi connectivity index (χ0) is 16.9. The van der Waals surface area contributed by atoms with Crippen LogP contribution in [0.25, 0.3) is 0 Å². The number of nitrogens with zero attached hydrogens (tertiary/aromatic N) is 2. The largest absolute Gasteiger partial charge is 0.459 e. The summed E-state index contributed by atoms with van der Waals surface area (Å²) < 4.78 is 5.17. The van der Waals surface area contributed by atoms with Crippen molar-refractivity contribution in [1.29, 1.82) is 0 Å². The molecule has 24 heavy (non-hydrogen) atoms. The summed E-state index contributed by atoms with van der Waals surface area (Å²) in [6.07, 6.45) is 9.04. The van der Waals surface area contributed by atoms with Gasteiger partial charge in [-0.25, -0.2) is 4.79 Å². The summed E-state index contributed by atoms with van der Waals surface area (Å²) in [4.78, 5) is 28.3. The molecule has 0 radical (unpaired) electrons. The van der Waals surface area contributed by atoms with Crippen LogP contribution in [0.2, 0.25) is 0 Å². The molecule has 0 spiro atoms. The second kappa shape index (κ2) is 7.73. The van der Waals surface area contributed by atoms with Crippen LogP contribution in [-0.2, 0) is 0 Å². The number of likely N-dealkylation sites (tertiary alicyclic amines) is 1. The van der Waals surface area contributed by atoms with Crippen molar-refractivity contribution in [3.63, 3.8) is 0 Å². The number of piperidine rings is 1. The van der Waals surface area contributed by atoms with Gasteiger partial charge in [0, 0.05) is 32.2 Å². The Labute approximate surface area is 143 Å². The summed E-state index contributed by atoms with van der Waals surface area (Å²) in [5.74, 6) is 0.318. The molecule has 1 N–H and O–H groups in total. The molecule has 2 heterocycles. The Hall–Kier alpha value is -1.98. The molecule has 2 aliphatic rings. The normalized spacial score (nSPS) is 20.0. The molecule has 1 aromatic heterocycles. The van der Waals surface area contributed by atoms with Crippen LogP contribution in [0.1, 0.15) is 55.5 Å². The molecule has 1 aliphatic carbocycles. The van der Waals surface area contributed by atoms with Crippen LogP contribution in [0.3, 0.4) is 0 Å². The molecule has 0 aromatic carbocycles. The first-order valence-corrected chi connectivity index (χ1v) is 9.01. The molecular weight excluding hydrogens is 306 g/mol. The highest BCUT2D eigenvalue weighted by Crippen LogP contribution is 2.22. The minimum absolute atomic E-state index is 0.0257. The fourth-order valence-corrected chi connectivity index (χ4v) is 3.69. The molecule has 0 bridgehead atoms. The average molecular weight is 333 g/mol. The molecule has 1 saturated heterocycles. The predicted molar refractivity (Wildman–Crippen MR) is 90.8 cm³/mol. The van der Waals surface area contributed by atoms with E-state index in [-0.39, 0.29) is 18.0 Å². The first-order valence-electron chi connectivity index (χ1n) is 9.01. The number of nitrogens with one attached hydrogen (secondary N) is 1. The van der Waals surface area contributed by atoms with Crippen molar-refractivity contribution in [2.45, 2.75) is 57.0 Å². The number of hydrogen-bond donors (Lipinski definition) is 1. The lowest BCUT2D eigenvalue weighted by Crippen LogP contribution is -2.51. The maximum atomic E-state index is 12.4. The van der Waals surface area contributed by atoms with Gasteiger partial charge in [-0.1, -0.05) is 19.3 Å². The lowest BCUT2D eigenvalue weighted by molar-refractivity contribution is 0.0673. The SMILES string of the molecule is CN(C(=O)NC1CCN(C(=O)c2ccco2)CC1)C1CCCCC1. The van der Waals surface area contributed by atoms with Crippen molar-refractivity contribution in [2.75, 3.05) is 20.1 Å². The molecule has 2 fully saturated rings. The zero-order valence-electron chi connectivity index (χ0n) is 14.4. The van der Waals surface area contributed by atoms with Crippen LogP contribution in [0, 0.1) is 0 Å². The van der Waals surface area contributed by atoms with Gasteiger partial charge in [0.15, 0.2) is 5.76 Å². The molecule has 1 aromatic rings. The molecule has 3 rings (SSSR count). The number of furan rings is 1. The summed E-state index contributed by atoms with van der Waals surface area (Å²) in [7, 11) is 1.90. The quantitative estimate of drug-likeness (QED) is 0.925. The molecule has 3 amide bonds. The average Bonchev–Trinajstić information content (AvgIpc) is 3.16. The number of rotatable bonds is 3. The van der Waals surface area contributed by atoms with E-state index >= 15 is 0 Å². The molecule has 6 nitrogen and oxygen atoms in total. The third-order valence-corrected chi connectivity index (χ3v) is 5.28. The van der Waals surface area contributed by atoms with Crippen LogP contribution < -0.4 is 5.32 Å². The first kappa shape index (κ1) is 16.9. The topological polar surface area (TPSA) is 65.8 Å². The van der Waals surface area contributed by atoms with E-state index in [0.29, 0.717) is 24.9 Å². The highest BCUT2D eigenvalue weighted by molar-refractivity contribution is 5.91. The van der Waals surface area contributed by atoms with E-state index in [1.165, 1.54) is 25.5 Å². The van der Waals surface area contributed by atoms with Crippen LogP contribution in [0.15, 0.2) is 22.8 Å². The van der Waals surface area contributed by atoms with E-state index in [9.17, 15) is 9.59 Å². The molecular formula is C18H27N3O3. The van der Waals surface area contributed by atoms with Gasteiger partial charge in [-0.15, -0.1) is 0 Å².